The highest BCUT2D eigenvalue weighted by molar-refractivity contribution is 6.00. The maximum atomic E-state index is 14.2. The first-order chi connectivity index (χ1) is 20.5. The molecule has 1 aliphatic heterocycles. The fourth-order valence-corrected chi connectivity index (χ4v) is 5.88. The minimum atomic E-state index is -0.257. The second kappa shape index (κ2) is 10.8. The number of aromatic nitrogens is 5. The molecule has 0 bridgehead atoms. The fourth-order valence-electron chi connectivity index (χ4n) is 5.88. The third-order valence-corrected chi connectivity index (χ3v) is 7.93. The number of benzene rings is 2. The molecule has 4 aromatic heterocycles. The van der Waals surface area contributed by atoms with Crippen LogP contribution in [0.25, 0.3) is 55.7 Å². The molecule has 0 radical (unpaired) electrons. The molecule has 8 nitrogen and oxygen atoms in total. The van der Waals surface area contributed by atoms with Crippen LogP contribution in [0.2, 0.25) is 0 Å². The van der Waals surface area contributed by atoms with E-state index in [1.54, 1.807) is 18.5 Å². The molecule has 42 heavy (non-hydrogen) atoms. The highest BCUT2D eigenvalue weighted by Gasteiger charge is 2.18. The molecule has 0 saturated carbocycles. The summed E-state index contributed by atoms with van der Waals surface area (Å²) in [5, 5.41) is 15.0. The van der Waals surface area contributed by atoms with Crippen LogP contribution in [0.3, 0.4) is 0 Å². The van der Waals surface area contributed by atoms with Crippen LogP contribution in [-0.2, 0) is 4.79 Å². The number of hydrogen-bond donors (Lipinski definition) is 4. The molecule has 4 N–H and O–H groups in total. The fraction of sp³-hybridized carbons (Fsp3) is 0.212. The quantitative estimate of drug-likeness (QED) is 0.184. The molecule has 0 atom stereocenters. The molecule has 2 aromatic carbocycles. The Morgan fingerprint density at radius 1 is 1.00 bits per heavy atom. The molecule has 6 aromatic rings. The molecular weight excluding hydrogens is 529 g/mol. The zero-order valence-electron chi connectivity index (χ0n) is 23.2. The molecule has 1 aliphatic rings. The van der Waals surface area contributed by atoms with Crippen molar-refractivity contribution in [3.05, 3.63) is 84.4 Å². The molecule has 0 spiro atoms. The third-order valence-electron chi connectivity index (χ3n) is 7.93. The average molecular weight is 560 g/mol. The molecule has 210 valence electrons. The zero-order chi connectivity index (χ0) is 28.6. The topological polar surface area (TPSA) is 111 Å². The predicted octanol–water partition coefficient (Wildman–Crippen LogP) is 6.61. The lowest BCUT2D eigenvalue weighted by atomic mass is 9.94. The largest absolute Gasteiger partial charge is 0.353 e. The number of piperidine rings is 1. The summed E-state index contributed by atoms with van der Waals surface area (Å²) in [4.78, 5) is 25.5. The number of nitrogens with zero attached hydrogens (tertiary/aromatic N) is 3. The summed E-state index contributed by atoms with van der Waals surface area (Å²) < 4.78 is 14.2. The van der Waals surface area contributed by atoms with Gasteiger partial charge in [-0.25, -0.2) is 9.37 Å². The number of amides is 1. The van der Waals surface area contributed by atoms with Gasteiger partial charge in [-0.05, 0) is 97.9 Å². The molecule has 5 heterocycles. The van der Waals surface area contributed by atoms with E-state index in [1.807, 2.05) is 55.5 Å². The van der Waals surface area contributed by atoms with Crippen molar-refractivity contribution in [2.24, 2.45) is 5.92 Å². The second-order valence-electron chi connectivity index (χ2n) is 11.0. The first kappa shape index (κ1) is 26.0. The standard InChI is InChI=1S/C33H30FN7O/c1-19-11-21(14-23(34)12-19)25-3-2-4-28-26(25)16-30(38-28)33-32-29(40-41-33)6-5-27(39-32)22-15-24(18-36-17-22)37-31(42)13-20-7-9-35-10-8-20/h2-6,11-12,14-18,20,35,38H,7-10,13H2,1H3,(H,37,42)(H,40,41). The van der Waals surface area contributed by atoms with Crippen molar-refractivity contribution in [1.29, 1.82) is 0 Å². The SMILES string of the molecule is Cc1cc(F)cc(-c2cccc3[nH]c(-c4n[nH]c5ccc(-c6cncc(NC(=O)CC7CCNCC7)c6)nc45)cc23)c1. The van der Waals surface area contributed by atoms with Gasteiger partial charge in [-0.2, -0.15) is 5.10 Å². The minimum absolute atomic E-state index is 0.00737. The van der Waals surface area contributed by atoms with Gasteiger partial charge in [0, 0.05) is 29.1 Å². The van der Waals surface area contributed by atoms with Crippen molar-refractivity contribution < 1.29 is 9.18 Å². The van der Waals surface area contributed by atoms with Gasteiger partial charge in [-0.1, -0.05) is 18.2 Å². The molecule has 1 saturated heterocycles. The Morgan fingerprint density at radius 3 is 2.74 bits per heavy atom. The van der Waals surface area contributed by atoms with Gasteiger partial charge < -0.3 is 15.6 Å². The predicted molar refractivity (Wildman–Crippen MR) is 163 cm³/mol. The summed E-state index contributed by atoms with van der Waals surface area (Å²) >= 11 is 0. The molecule has 0 aliphatic carbocycles. The number of halogens is 1. The lowest BCUT2D eigenvalue weighted by molar-refractivity contribution is -0.117. The van der Waals surface area contributed by atoms with E-state index in [-0.39, 0.29) is 11.7 Å². The average Bonchev–Trinajstić information content (AvgIpc) is 3.61. The lowest BCUT2D eigenvalue weighted by Crippen LogP contribution is -2.30. The molecule has 0 unspecified atom stereocenters. The molecular formula is C33H30FN7O. The van der Waals surface area contributed by atoms with Crippen LogP contribution in [0.5, 0.6) is 0 Å². The third kappa shape index (κ3) is 5.14. The first-order valence-corrected chi connectivity index (χ1v) is 14.2. The Hall–Kier alpha value is -4.89. The summed E-state index contributed by atoms with van der Waals surface area (Å²) in [6, 6.07) is 18.8. The number of aryl methyl sites for hydroxylation is 1. The van der Waals surface area contributed by atoms with Gasteiger partial charge in [0.15, 0.2) is 0 Å². The maximum Gasteiger partial charge on any atom is 0.224 e. The Morgan fingerprint density at radius 2 is 1.88 bits per heavy atom. The van der Waals surface area contributed by atoms with Gasteiger partial charge in [0.05, 0.1) is 28.8 Å². The van der Waals surface area contributed by atoms with E-state index in [2.05, 4.69) is 30.8 Å². The van der Waals surface area contributed by atoms with E-state index in [1.165, 1.54) is 6.07 Å². The number of carbonyl (C=O) groups is 1. The molecule has 7 rings (SSSR count). The summed E-state index contributed by atoms with van der Waals surface area (Å²) in [5.41, 5.74) is 8.72. The van der Waals surface area contributed by atoms with E-state index >= 15 is 0 Å². The Kier molecular flexibility index (Phi) is 6.71. The van der Waals surface area contributed by atoms with Gasteiger partial charge in [0.1, 0.15) is 17.0 Å². The van der Waals surface area contributed by atoms with Crippen molar-refractivity contribution in [3.8, 4) is 33.8 Å². The van der Waals surface area contributed by atoms with Crippen LogP contribution in [0.1, 0.15) is 24.8 Å². The number of nitrogens with one attached hydrogen (secondary N) is 4. The normalized spacial score (nSPS) is 14.0. The minimum Gasteiger partial charge on any atom is -0.353 e. The Bertz CT molecular complexity index is 1920. The van der Waals surface area contributed by atoms with E-state index in [0.717, 1.165) is 76.0 Å². The van der Waals surface area contributed by atoms with Crippen molar-refractivity contribution in [2.45, 2.75) is 26.2 Å². The van der Waals surface area contributed by atoms with Crippen LogP contribution in [0.4, 0.5) is 10.1 Å². The van der Waals surface area contributed by atoms with E-state index < -0.39 is 0 Å². The smallest absolute Gasteiger partial charge is 0.224 e. The highest BCUT2D eigenvalue weighted by Crippen LogP contribution is 2.35. The van der Waals surface area contributed by atoms with Crippen molar-refractivity contribution in [2.75, 3.05) is 18.4 Å². The number of anilines is 1. The Labute approximate surface area is 241 Å². The van der Waals surface area contributed by atoms with Crippen LogP contribution >= 0.6 is 0 Å². The molecule has 9 heteroatoms. The highest BCUT2D eigenvalue weighted by atomic mass is 19.1. The second-order valence-corrected chi connectivity index (χ2v) is 11.0. The van der Waals surface area contributed by atoms with Gasteiger partial charge in [-0.15, -0.1) is 0 Å². The number of aromatic amines is 2. The van der Waals surface area contributed by atoms with Gasteiger partial charge in [0.2, 0.25) is 5.91 Å². The summed E-state index contributed by atoms with van der Waals surface area (Å²) in [5.74, 6) is 0.158. The van der Waals surface area contributed by atoms with Crippen LogP contribution in [0, 0.1) is 18.7 Å². The van der Waals surface area contributed by atoms with E-state index in [9.17, 15) is 9.18 Å². The monoisotopic (exact) mass is 559 g/mol. The number of pyridine rings is 2. The van der Waals surface area contributed by atoms with Crippen molar-refractivity contribution in [1.82, 2.24) is 30.5 Å². The lowest BCUT2D eigenvalue weighted by Gasteiger charge is -2.21. The number of carbonyl (C=O) groups excluding carboxylic acids is 1. The molecule has 1 amide bonds. The van der Waals surface area contributed by atoms with Crippen molar-refractivity contribution in [3.63, 3.8) is 0 Å². The zero-order valence-corrected chi connectivity index (χ0v) is 23.2. The Balaban J connectivity index is 1.20. The van der Waals surface area contributed by atoms with Crippen LogP contribution in [-0.4, -0.2) is 44.1 Å². The number of rotatable bonds is 6. The van der Waals surface area contributed by atoms with Gasteiger partial charge in [-0.3, -0.25) is 14.9 Å². The van der Waals surface area contributed by atoms with Crippen LogP contribution in [0.15, 0.2) is 73.1 Å². The van der Waals surface area contributed by atoms with Gasteiger partial charge in [0.25, 0.3) is 0 Å². The maximum absolute atomic E-state index is 14.2. The number of fused-ring (bicyclic) bond motifs is 2. The summed E-state index contributed by atoms with van der Waals surface area (Å²) in [6.07, 6.45) is 5.95. The molecule has 1 fully saturated rings. The van der Waals surface area contributed by atoms with Crippen molar-refractivity contribution >= 4 is 33.5 Å². The number of hydrogen-bond acceptors (Lipinski definition) is 5. The summed E-state index contributed by atoms with van der Waals surface area (Å²) in [6.45, 7) is 3.82. The van der Waals surface area contributed by atoms with Crippen LogP contribution < -0.4 is 10.6 Å². The van der Waals surface area contributed by atoms with E-state index in [4.69, 9.17) is 4.98 Å². The summed E-state index contributed by atoms with van der Waals surface area (Å²) in [7, 11) is 0. The number of H-pyrrole nitrogens is 2. The first-order valence-electron chi connectivity index (χ1n) is 14.2. The van der Waals surface area contributed by atoms with E-state index in [0.29, 0.717) is 29.2 Å². The van der Waals surface area contributed by atoms with Gasteiger partial charge >= 0.3 is 0 Å².